The van der Waals surface area contributed by atoms with Gasteiger partial charge in [-0.2, -0.15) is 5.10 Å². The summed E-state index contributed by atoms with van der Waals surface area (Å²) >= 11 is 1.06. The molecule has 1 aliphatic rings. The second-order valence-corrected chi connectivity index (χ2v) is 7.38. The fourth-order valence-corrected chi connectivity index (χ4v) is 3.38. The van der Waals surface area contributed by atoms with E-state index in [0.717, 1.165) is 55.3 Å². The van der Waals surface area contributed by atoms with Crippen LogP contribution in [0.15, 0.2) is 34.5 Å². The van der Waals surface area contributed by atoms with Crippen LogP contribution < -0.4 is 21.3 Å². The summed E-state index contributed by atoms with van der Waals surface area (Å²) in [4.78, 5) is 12.1. The minimum atomic E-state index is -4.77. The van der Waals surface area contributed by atoms with Gasteiger partial charge in [0.05, 0.1) is 5.75 Å². The van der Waals surface area contributed by atoms with Gasteiger partial charge in [0.1, 0.15) is 5.75 Å². The van der Waals surface area contributed by atoms with Gasteiger partial charge in [-0.25, -0.2) is 10.1 Å². The van der Waals surface area contributed by atoms with E-state index in [9.17, 15) is 18.0 Å². The van der Waals surface area contributed by atoms with Crippen molar-refractivity contribution >= 4 is 35.0 Å². The Bertz CT molecular complexity index is 892. The van der Waals surface area contributed by atoms with Gasteiger partial charge < -0.3 is 15.9 Å². The number of ether oxygens (including phenoxy) is 1. The number of hydrazone groups is 1. The molecule has 2 aromatic rings. The van der Waals surface area contributed by atoms with Gasteiger partial charge in [-0.15, -0.1) is 23.4 Å². The molecule has 1 aliphatic carbocycles. The number of carbonyl (C=O) groups excluding carboxylic acids is 1. The highest BCUT2D eigenvalue weighted by Crippen LogP contribution is 2.24. The topological polar surface area (TPSA) is 119 Å². The number of carbonyl (C=O) groups is 1. The zero-order valence-corrected chi connectivity index (χ0v) is 16.6. The smallest absolute Gasteiger partial charge is 0.406 e. The van der Waals surface area contributed by atoms with Crippen LogP contribution in [0.1, 0.15) is 32.1 Å². The Hall–Kier alpha value is -2.96. The number of halogens is 3. The van der Waals surface area contributed by atoms with Gasteiger partial charge in [0.15, 0.2) is 0 Å². The van der Waals surface area contributed by atoms with Crippen molar-refractivity contribution < 1.29 is 22.7 Å². The molecule has 30 heavy (non-hydrogen) atoms. The Kier molecular flexibility index (Phi) is 7.03. The number of rotatable bonds is 7. The van der Waals surface area contributed by atoms with Crippen LogP contribution in [0.2, 0.25) is 0 Å². The van der Waals surface area contributed by atoms with E-state index in [4.69, 9.17) is 5.84 Å². The molecular weight excluding hydrogens is 423 g/mol. The van der Waals surface area contributed by atoms with Crippen molar-refractivity contribution in [3.8, 4) is 5.75 Å². The lowest BCUT2D eigenvalue weighted by atomic mass is 9.99. The van der Waals surface area contributed by atoms with Crippen LogP contribution in [0.3, 0.4) is 0 Å². The SMILES string of the molecule is Nn1c(NN=C2CCCCC2)nnc1SCC(=O)Nc1ccc(OC(F)(F)F)cc1. The number of nitrogen functional groups attached to an aromatic ring is 1. The van der Waals surface area contributed by atoms with E-state index in [1.54, 1.807) is 0 Å². The number of amides is 1. The number of nitrogens with one attached hydrogen (secondary N) is 2. The van der Waals surface area contributed by atoms with Crippen molar-refractivity contribution in [2.75, 3.05) is 22.3 Å². The van der Waals surface area contributed by atoms with Gasteiger partial charge in [0.25, 0.3) is 5.95 Å². The van der Waals surface area contributed by atoms with E-state index in [-0.39, 0.29) is 23.4 Å². The zero-order valence-electron chi connectivity index (χ0n) is 15.8. The Morgan fingerprint density at radius 2 is 1.90 bits per heavy atom. The van der Waals surface area contributed by atoms with E-state index in [1.807, 2.05) is 0 Å². The van der Waals surface area contributed by atoms with Crippen LogP contribution in [0, 0.1) is 0 Å². The highest BCUT2D eigenvalue weighted by molar-refractivity contribution is 7.99. The predicted octanol–water partition coefficient (Wildman–Crippen LogP) is 3.35. The summed E-state index contributed by atoms with van der Waals surface area (Å²) in [7, 11) is 0. The molecule has 0 atom stereocenters. The van der Waals surface area contributed by atoms with Crippen LogP contribution in [0.4, 0.5) is 24.8 Å². The maximum absolute atomic E-state index is 12.2. The molecule has 1 aromatic carbocycles. The molecule has 0 aliphatic heterocycles. The number of nitrogens with two attached hydrogens (primary N) is 1. The Morgan fingerprint density at radius 3 is 2.57 bits per heavy atom. The van der Waals surface area contributed by atoms with E-state index >= 15 is 0 Å². The van der Waals surface area contributed by atoms with Gasteiger partial charge in [0.2, 0.25) is 11.1 Å². The summed E-state index contributed by atoms with van der Waals surface area (Å²) in [6.45, 7) is 0. The number of hydrogen-bond donors (Lipinski definition) is 3. The fraction of sp³-hybridized carbons (Fsp3) is 0.412. The number of thioether (sulfide) groups is 1. The molecule has 4 N–H and O–H groups in total. The molecule has 0 spiro atoms. The zero-order chi connectivity index (χ0) is 21.6. The number of nitrogens with zero attached hydrogens (tertiary/aromatic N) is 4. The summed E-state index contributed by atoms with van der Waals surface area (Å²) in [5.74, 6) is 5.41. The van der Waals surface area contributed by atoms with Crippen molar-refractivity contribution in [2.45, 2.75) is 43.6 Å². The van der Waals surface area contributed by atoms with Crippen LogP contribution >= 0.6 is 11.8 Å². The fourth-order valence-electron chi connectivity index (χ4n) is 2.72. The first-order valence-corrected chi connectivity index (χ1v) is 10.1. The molecule has 1 heterocycles. The van der Waals surface area contributed by atoms with Gasteiger partial charge >= 0.3 is 6.36 Å². The lowest BCUT2D eigenvalue weighted by Crippen LogP contribution is -2.18. The molecule has 1 aromatic heterocycles. The highest BCUT2D eigenvalue weighted by atomic mass is 32.2. The largest absolute Gasteiger partial charge is 0.573 e. The molecule has 1 amide bonds. The Morgan fingerprint density at radius 1 is 1.20 bits per heavy atom. The molecular formula is C17H20F3N7O2S. The molecule has 3 rings (SSSR count). The van der Waals surface area contributed by atoms with E-state index < -0.39 is 6.36 Å². The molecule has 162 valence electrons. The summed E-state index contributed by atoms with van der Waals surface area (Å²) in [6.07, 6.45) is 0.553. The molecule has 1 fully saturated rings. The van der Waals surface area contributed by atoms with Gasteiger partial charge in [0, 0.05) is 11.4 Å². The number of aromatic nitrogens is 3. The maximum Gasteiger partial charge on any atom is 0.573 e. The second-order valence-electron chi connectivity index (χ2n) is 6.44. The van der Waals surface area contributed by atoms with E-state index in [1.165, 1.54) is 23.2 Å². The van der Waals surface area contributed by atoms with Crippen LogP contribution in [0.5, 0.6) is 5.75 Å². The van der Waals surface area contributed by atoms with Crippen molar-refractivity contribution in [3.05, 3.63) is 24.3 Å². The van der Waals surface area contributed by atoms with Crippen molar-refractivity contribution in [2.24, 2.45) is 5.10 Å². The quantitative estimate of drug-likeness (QED) is 0.341. The summed E-state index contributed by atoms with van der Waals surface area (Å²) in [5.41, 5.74) is 4.19. The maximum atomic E-state index is 12.2. The van der Waals surface area contributed by atoms with E-state index in [2.05, 4.69) is 30.8 Å². The lowest BCUT2D eigenvalue weighted by molar-refractivity contribution is -0.274. The minimum Gasteiger partial charge on any atom is -0.406 e. The molecule has 13 heteroatoms. The molecule has 0 bridgehead atoms. The lowest BCUT2D eigenvalue weighted by Gasteiger charge is -2.12. The average molecular weight is 443 g/mol. The highest BCUT2D eigenvalue weighted by Gasteiger charge is 2.31. The third-order valence-corrected chi connectivity index (χ3v) is 5.06. The first kappa shape index (κ1) is 21.7. The second kappa shape index (κ2) is 9.69. The van der Waals surface area contributed by atoms with Crippen molar-refractivity contribution in [3.63, 3.8) is 0 Å². The van der Waals surface area contributed by atoms with Crippen molar-refractivity contribution in [1.29, 1.82) is 0 Å². The molecule has 1 saturated carbocycles. The number of alkyl halides is 3. The summed E-state index contributed by atoms with van der Waals surface area (Å²) < 4.78 is 41.5. The van der Waals surface area contributed by atoms with Gasteiger partial charge in [-0.3, -0.25) is 4.79 Å². The monoisotopic (exact) mass is 443 g/mol. The number of benzene rings is 1. The average Bonchev–Trinajstić information content (AvgIpc) is 3.05. The van der Waals surface area contributed by atoms with Crippen molar-refractivity contribution in [1.82, 2.24) is 14.9 Å². The third kappa shape index (κ3) is 6.54. The summed E-state index contributed by atoms with van der Waals surface area (Å²) in [5, 5.41) is 15.0. The number of anilines is 2. The minimum absolute atomic E-state index is 0.0232. The van der Waals surface area contributed by atoms with Gasteiger partial charge in [-0.05, 0) is 49.9 Å². The van der Waals surface area contributed by atoms with Crippen LogP contribution in [0.25, 0.3) is 0 Å². The van der Waals surface area contributed by atoms with Gasteiger partial charge in [-0.1, -0.05) is 18.2 Å². The summed E-state index contributed by atoms with van der Waals surface area (Å²) in [6, 6.07) is 4.83. The first-order chi connectivity index (χ1) is 14.3. The van der Waals surface area contributed by atoms with Crippen LogP contribution in [-0.4, -0.2) is 38.6 Å². The molecule has 0 unspecified atom stereocenters. The molecule has 9 nitrogen and oxygen atoms in total. The van der Waals surface area contributed by atoms with Crippen LogP contribution in [-0.2, 0) is 4.79 Å². The standard InChI is InChI=1S/C17H20F3N7O2S/c18-17(19,20)29-13-8-6-11(7-9-13)22-14(28)10-30-16-26-25-15(27(16)21)24-23-12-4-2-1-3-5-12/h6-9H,1-5,10,21H2,(H,22,28)(H,24,25). The normalized spacial score (nSPS) is 14.3. The van der Waals surface area contributed by atoms with E-state index in [0.29, 0.717) is 10.8 Å². The molecule has 0 saturated heterocycles. The third-order valence-electron chi connectivity index (χ3n) is 4.11. The Balaban J connectivity index is 1.48. The molecule has 0 radical (unpaired) electrons. The Labute approximate surface area is 174 Å². The first-order valence-electron chi connectivity index (χ1n) is 9.10. The number of hydrogen-bond acceptors (Lipinski definition) is 8. The predicted molar refractivity (Wildman–Crippen MR) is 107 cm³/mol.